The van der Waals surface area contributed by atoms with Gasteiger partial charge < -0.3 is 4.90 Å². The van der Waals surface area contributed by atoms with Gasteiger partial charge in [0.1, 0.15) is 0 Å². The lowest BCUT2D eigenvalue weighted by molar-refractivity contribution is 0.112. The Bertz CT molecular complexity index is 462. The third kappa shape index (κ3) is 1.86. The van der Waals surface area contributed by atoms with Crippen LogP contribution in [0.4, 0.5) is 5.69 Å². The van der Waals surface area contributed by atoms with E-state index in [9.17, 15) is 4.79 Å². The van der Waals surface area contributed by atoms with Crippen LogP contribution in [0.1, 0.15) is 54.6 Å². The molecule has 1 aliphatic rings. The number of aldehydes is 1. The molecule has 0 amide bonds. The molecule has 0 saturated heterocycles. The minimum atomic E-state index is 0.111. The van der Waals surface area contributed by atoms with Crippen LogP contribution in [0.15, 0.2) is 12.1 Å². The summed E-state index contributed by atoms with van der Waals surface area (Å²) in [5.41, 5.74) is 4.54. The highest BCUT2D eigenvalue weighted by atomic mass is 16.1. The van der Waals surface area contributed by atoms with Gasteiger partial charge in [0, 0.05) is 18.2 Å². The number of hydrogen-bond donors (Lipinski definition) is 0. The third-order valence-electron chi connectivity index (χ3n) is 4.02. The van der Waals surface area contributed by atoms with Crippen LogP contribution in [0, 0.1) is 6.92 Å². The van der Waals surface area contributed by atoms with Gasteiger partial charge in [0.05, 0.1) is 5.69 Å². The van der Waals surface area contributed by atoms with Crippen molar-refractivity contribution < 1.29 is 4.79 Å². The summed E-state index contributed by atoms with van der Waals surface area (Å²) in [5, 5.41) is 0. The molecule has 2 heteroatoms. The summed E-state index contributed by atoms with van der Waals surface area (Å²) < 4.78 is 0. The molecule has 0 bridgehead atoms. The zero-order chi connectivity index (χ0) is 12.8. The molecule has 0 spiro atoms. The zero-order valence-corrected chi connectivity index (χ0v) is 11.4. The number of rotatable bonds is 1. The molecular formula is C15H21NO. The molecule has 0 aromatic heterocycles. The Morgan fingerprint density at radius 2 is 2.06 bits per heavy atom. The van der Waals surface area contributed by atoms with Gasteiger partial charge in [0.25, 0.3) is 0 Å². The van der Waals surface area contributed by atoms with E-state index in [2.05, 4.69) is 45.7 Å². The molecule has 1 aromatic carbocycles. The van der Waals surface area contributed by atoms with E-state index in [-0.39, 0.29) is 5.54 Å². The van der Waals surface area contributed by atoms with Gasteiger partial charge >= 0.3 is 0 Å². The van der Waals surface area contributed by atoms with Crippen LogP contribution in [0.25, 0.3) is 0 Å². The van der Waals surface area contributed by atoms with Crippen LogP contribution < -0.4 is 4.90 Å². The van der Waals surface area contributed by atoms with Gasteiger partial charge in [0.15, 0.2) is 6.29 Å². The summed E-state index contributed by atoms with van der Waals surface area (Å²) in [4.78, 5) is 13.5. The van der Waals surface area contributed by atoms with Gasteiger partial charge in [-0.3, -0.25) is 4.79 Å². The third-order valence-corrected chi connectivity index (χ3v) is 4.02. The second-order valence-electron chi connectivity index (χ2n) is 5.89. The van der Waals surface area contributed by atoms with Crippen molar-refractivity contribution >= 4 is 12.0 Å². The van der Waals surface area contributed by atoms with Gasteiger partial charge in [-0.25, -0.2) is 0 Å². The standard InChI is InChI=1S/C15H21NO/c1-10-6-12(9-17)14-13(7-10)11(2)8-15(3,4)16(14)5/h6-7,9,11H,8H2,1-5H3. The maximum atomic E-state index is 11.3. The predicted molar refractivity (Wildman–Crippen MR) is 72.1 cm³/mol. The molecule has 1 aromatic rings. The van der Waals surface area contributed by atoms with Crippen LogP contribution >= 0.6 is 0 Å². The largest absolute Gasteiger partial charge is 0.369 e. The molecule has 0 fully saturated rings. The van der Waals surface area contributed by atoms with E-state index in [1.165, 1.54) is 11.1 Å². The van der Waals surface area contributed by atoms with Crippen LogP contribution in [-0.4, -0.2) is 18.9 Å². The molecular weight excluding hydrogens is 210 g/mol. The molecule has 2 nitrogen and oxygen atoms in total. The van der Waals surface area contributed by atoms with Crippen LogP contribution in [0.2, 0.25) is 0 Å². The molecule has 0 saturated carbocycles. The van der Waals surface area contributed by atoms with Crippen molar-refractivity contribution in [2.75, 3.05) is 11.9 Å². The van der Waals surface area contributed by atoms with Crippen molar-refractivity contribution in [3.63, 3.8) is 0 Å². The number of benzene rings is 1. The second kappa shape index (κ2) is 3.86. The van der Waals surface area contributed by atoms with E-state index in [0.29, 0.717) is 5.92 Å². The molecule has 17 heavy (non-hydrogen) atoms. The van der Waals surface area contributed by atoms with Crippen molar-refractivity contribution in [3.05, 3.63) is 28.8 Å². The number of aryl methyl sites for hydroxylation is 1. The normalized spacial score (nSPS) is 22.2. The maximum Gasteiger partial charge on any atom is 0.152 e. The monoisotopic (exact) mass is 231 g/mol. The average Bonchev–Trinajstić information content (AvgIpc) is 2.24. The Morgan fingerprint density at radius 1 is 1.41 bits per heavy atom. The second-order valence-corrected chi connectivity index (χ2v) is 5.89. The summed E-state index contributed by atoms with van der Waals surface area (Å²) in [6, 6.07) is 4.20. The Morgan fingerprint density at radius 3 is 2.65 bits per heavy atom. The lowest BCUT2D eigenvalue weighted by atomic mass is 9.79. The summed E-state index contributed by atoms with van der Waals surface area (Å²) in [6.45, 7) is 8.78. The van der Waals surface area contributed by atoms with E-state index >= 15 is 0 Å². The lowest BCUT2D eigenvalue weighted by Crippen LogP contribution is -2.46. The van der Waals surface area contributed by atoms with Crippen molar-refractivity contribution in [1.82, 2.24) is 0 Å². The zero-order valence-electron chi connectivity index (χ0n) is 11.4. The smallest absolute Gasteiger partial charge is 0.152 e. The quantitative estimate of drug-likeness (QED) is 0.689. The van der Waals surface area contributed by atoms with E-state index in [0.717, 1.165) is 24.0 Å². The number of fused-ring (bicyclic) bond motifs is 1. The summed E-state index contributed by atoms with van der Waals surface area (Å²) in [6.07, 6.45) is 2.11. The Hall–Kier alpha value is -1.31. The van der Waals surface area contributed by atoms with Crippen LogP contribution in [0.5, 0.6) is 0 Å². The number of carbonyl (C=O) groups is 1. The van der Waals surface area contributed by atoms with Gasteiger partial charge in [0.2, 0.25) is 0 Å². The first-order valence-corrected chi connectivity index (χ1v) is 6.20. The number of carbonyl (C=O) groups excluding carboxylic acids is 1. The highest BCUT2D eigenvalue weighted by Crippen LogP contribution is 2.44. The van der Waals surface area contributed by atoms with Gasteiger partial charge in [-0.15, -0.1) is 0 Å². The minimum Gasteiger partial charge on any atom is -0.369 e. The molecule has 1 unspecified atom stereocenters. The summed E-state index contributed by atoms with van der Waals surface area (Å²) >= 11 is 0. The molecule has 0 N–H and O–H groups in total. The van der Waals surface area contributed by atoms with Crippen molar-refractivity contribution in [2.45, 2.75) is 45.6 Å². The Balaban J connectivity index is 2.69. The van der Waals surface area contributed by atoms with Crippen molar-refractivity contribution in [3.8, 4) is 0 Å². The molecule has 0 radical (unpaired) electrons. The lowest BCUT2D eigenvalue weighted by Gasteiger charge is -2.46. The fraction of sp³-hybridized carbons (Fsp3) is 0.533. The molecule has 1 heterocycles. The summed E-state index contributed by atoms with van der Waals surface area (Å²) in [7, 11) is 2.09. The Labute approximate surface area is 104 Å². The molecule has 92 valence electrons. The van der Waals surface area contributed by atoms with Crippen LogP contribution in [-0.2, 0) is 0 Å². The summed E-state index contributed by atoms with van der Waals surface area (Å²) in [5.74, 6) is 0.509. The van der Waals surface area contributed by atoms with Crippen LogP contribution in [0.3, 0.4) is 0 Å². The fourth-order valence-electron chi connectivity index (χ4n) is 2.99. The highest BCUT2D eigenvalue weighted by Gasteiger charge is 2.35. The molecule has 2 rings (SSSR count). The fourth-order valence-corrected chi connectivity index (χ4v) is 2.99. The first-order valence-electron chi connectivity index (χ1n) is 6.20. The number of nitrogens with zero attached hydrogens (tertiary/aromatic N) is 1. The van der Waals surface area contributed by atoms with E-state index < -0.39 is 0 Å². The topological polar surface area (TPSA) is 20.3 Å². The predicted octanol–water partition coefficient (Wildman–Crippen LogP) is 3.53. The molecule has 0 aliphatic carbocycles. The van der Waals surface area contributed by atoms with Crippen molar-refractivity contribution in [1.29, 1.82) is 0 Å². The molecule has 1 atom stereocenters. The van der Waals surface area contributed by atoms with E-state index in [4.69, 9.17) is 0 Å². The van der Waals surface area contributed by atoms with Gasteiger partial charge in [-0.05, 0) is 50.3 Å². The number of anilines is 1. The van der Waals surface area contributed by atoms with E-state index in [1.54, 1.807) is 0 Å². The highest BCUT2D eigenvalue weighted by molar-refractivity contribution is 5.87. The maximum absolute atomic E-state index is 11.3. The Kier molecular flexibility index (Phi) is 2.76. The number of hydrogen-bond acceptors (Lipinski definition) is 2. The molecule has 1 aliphatic heterocycles. The first-order chi connectivity index (χ1) is 7.86. The van der Waals surface area contributed by atoms with Gasteiger partial charge in [-0.2, -0.15) is 0 Å². The SMILES string of the molecule is Cc1cc(C=O)c2c(c1)C(C)CC(C)(C)N2C. The van der Waals surface area contributed by atoms with Gasteiger partial charge in [-0.1, -0.05) is 13.0 Å². The first kappa shape index (κ1) is 12.2. The average molecular weight is 231 g/mol. The van der Waals surface area contributed by atoms with E-state index in [1.807, 2.05) is 6.07 Å². The minimum absolute atomic E-state index is 0.111. The van der Waals surface area contributed by atoms with Crippen molar-refractivity contribution in [2.24, 2.45) is 0 Å².